The van der Waals surface area contributed by atoms with Crippen molar-refractivity contribution in [3.8, 4) is 90.9 Å². The summed E-state index contributed by atoms with van der Waals surface area (Å²) in [5.74, 6) is 6.78. The van der Waals surface area contributed by atoms with Crippen molar-refractivity contribution in [1.82, 2.24) is 0 Å². The molecular weight excluding hydrogens is 1060 g/mol. The van der Waals surface area contributed by atoms with Crippen LogP contribution in [0.1, 0.15) is 11.1 Å². The van der Waals surface area contributed by atoms with Gasteiger partial charge in [-0.2, -0.15) is 0 Å². The Morgan fingerprint density at radius 3 is 1.04 bits per heavy atom. The van der Waals surface area contributed by atoms with Gasteiger partial charge in [-0.25, -0.2) is 0 Å². The van der Waals surface area contributed by atoms with Gasteiger partial charge in [-0.3, -0.25) is 0 Å². The van der Waals surface area contributed by atoms with Gasteiger partial charge in [0.1, 0.15) is 69.7 Å². The van der Waals surface area contributed by atoms with Crippen molar-refractivity contribution in [3.63, 3.8) is 0 Å². The lowest BCUT2D eigenvalue weighted by Gasteiger charge is -2.19. The Hall–Kier alpha value is -9.44. The van der Waals surface area contributed by atoms with Crippen molar-refractivity contribution >= 4 is 21.5 Å². The molecular formula is C70H62O14. The van der Waals surface area contributed by atoms with Crippen molar-refractivity contribution in [3.05, 3.63) is 217 Å². The molecule has 2 aliphatic heterocycles. The third-order valence-electron chi connectivity index (χ3n) is 14.0. The standard InChI is InChI=1S/C70H62O14/c1-47-4-31-67-53(33-47)13-32-69(84-46-82-58-20-11-52(12-21-58)50-7-16-56(17-8-50)78-44-80-62-28-24-60(25-29-62)76-42-72-38-65-40-74-65)70(67)68-36-63(35-54-34-48(2)3-30-66(54)68)83-45-81-57-18-9-51(10-19-57)49-5-14-55(15-6-49)77-43-79-61-26-22-59(23-27-61)75-41-71-37-64-39-73-64/h3-36,64-65H,37-46H2,1-2H3. The molecule has 2 unspecified atom stereocenters. The van der Waals surface area contributed by atoms with Gasteiger partial charge in [0.2, 0.25) is 27.2 Å². The minimum absolute atomic E-state index is 0.00420. The molecule has 2 aliphatic rings. The number of benzene rings is 10. The Morgan fingerprint density at radius 1 is 0.310 bits per heavy atom. The highest BCUT2D eigenvalue weighted by Crippen LogP contribution is 2.43. The zero-order valence-electron chi connectivity index (χ0n) is 46.6. The molecule has 14 nitrogen and oxygen atoms in total. The molecule has 10 aromatic rings. The van der Waals surface area contributed by atoms with Gasteiger partial charge < -0.3 is 66.3 Å². The van der Waals surface area contributed by atoms with E-state index in [-0.39, 0.29) is 53.0 Å². The van der Waals surface area contributed by atoms with Crippen LogP contribution in [-0.4, -0.2) is 79.4 Å². The van der Waals surface area contributed by atoms with E-state index in [1.165, 1.54) is 0 Å². The van der Waals surface area contributed by atoms with E-state index >= 15 is 0 Å². The molecule has 0 radical (unpaired) electrons. The van der Waals surface area contributed by atoms with Crippen LogP contribution in [-0.2, 0) is 18.9 Å². The van der Waals surface area contributed by atoms with E-state index in [0.29, 0.717) is 70.7 Å². The molecule has 84 heavy (non-hydrogen) atoms. The molecule has 12 rings (SSSR count). The van der Waals surface area contributed by atoms with Crippen LogP contribution in [0.3, 0.4) is 0 Å². The molecule has 0 aliphatic carbocycles. The Morgan fingerprint density at radius 2 is 0.643 bits per heavy atom. The normalized spacial score (nSPS) is 14.1. The van der Waals surface area contributed by atoms with Crippen LogP contribution < -0.4 is 47.4 Å². The quantitative estimate of drug-likeness (QED) is 0.0250. The van der Waals surface area contributed by atoms with Crippen LogP contribution in [0.15, 0.2) is 206 Å². The lowest BCUT2D eigenvalue weighted by atomic mass is 9.91. The van der Waals surface area contributed by atoms with Gasteiger partial charge in [-0.05, 0) is 178 Å². The lowest BCUT2D eigenvalue weighted by molar-refractivity contribution is 0.00804. The molecule has 2 heterocycles. The van der Waals surface area contributed by atoms with E-state index in [9.17, 15) is 0 Å². The molecule has 2 atom stereocenters. The molecule has 0 spiro atoms. The maximum Gasteiger partial charge on any atom is 0.230 e. The zero-order valence-corrected chi connectivity index (χ0v) is 46.6. The Labute approximate surface area is 487 Å². The fraction of sp³-hybridized carbons (Fsp3) is 0.200. The number of fused-ring (bicyclic) bond motifs is 2. The molecule has 0 bridgehead atoms. The third-order valence-corrected chi connectivity index (χ3v) is 14.0. The van der Waals surface area contributed by atoms with Gasteiger partial charge >= 0.3 is 0 Å². The van der Waals surface area contributed by atoms with E-state index in [2.05, 4.69) is 68.4 Å². The first-order valence-electron chi connectivity index (χ1n) is 27.7. The fourth-order valence-corrected chi connectivity index (χ4v) is 9.38. The first-order valence-corrected chi connectivity index (χ1v) is 27.7. The lowest BCUT2D eigenvalue weighted by Crippen LogP contribution is -2.08. The summed E-state index contributed by atoms with van der Waals surface area (Å²) in [6.45, 7) is 7.22. The summed E-state index contributed by atoms with van der Waals surface area (Å²) in [4.78, 5) is 0. The first kappa shape index (κ1) is 55.1. The van der Waals surface area contributed by atoms with Gasteiger partial charge in [0.25, 0.3) is 0 Å². The topological polar surface area (TPSA) is 136 Å². The Kier molecular flexibility index (Phi) is 17.5. The second-order valence-corrected chi connectivity index (χ2v) is 20.2. The predicted molar refractivity (Wildman–Crippen MR) is 320 cm³/mol. The van der Waals surface area contributed by atoms with E-state index in [4.69, 9.17) is 66.3 Å². The molecule has 2 saturated heterocycles. The average Bonchev–Trinajstić information content (AvgIpc) is 3.27. The monoisotopic (exact) mass is 1130 g/mol. The number of hydrogen-bond donors (Lipinski definition) is 0. The summed E-state index contributed by atoms with van der Waals surface area (Å²) in [6, 6.07) is 67.4. The van der Waals surface area contributed by atoms with Crippen LogP contribution in [0.4, 0.5) is 0 Å². The minimum atomic E-state index is -0.0154. The van der Waals surface area contributed by atoms with Crippen LogP contribution in [0.25, 0.3) is 54.9 Å². The van der Waals surface area contributed by atoms with Crippen molar-refractivity contribution in [2.75, 3.05) is 67.2 Å². The number of aryl methyl sites for hydroxylation is 2. The second-order valence-electron chi connectivity index (χ2n) is 20.2. The minimum Gasteiger partial charge on any atom is -0.468 e. The molecule has 0 N–H and O–H groups in total. The molecule has 14 heteroatoms. The van der Waals surface area contributed by atoms with E-state index in [1.807, 2.05) is 152 Å². The Bertz CT molecular complexity index is 3750. The highest BCUT2D eigenvalue weighted by atomic mass is 16.7. The van der Waals surface area contributed by atoms with Crippen LogP contribution in [0.2, 0.25) is 0 Å². The summed E-state index contributed by atoms with van der Waals surface area (Å²) in [7, 11) is 0. The third kappa shape index (κ3) is 15.0. The number of ether oxygens (including phenoxy) is 14. The maximum absolute atomic E-state index is 6.56. The van der Waals surface area contributed by atoms with Gasteiger partial charge in [0.15, 0.2) is 13.6 Å². The largest absolute Gasteiger partial charge is 0.468 e. The van der Waals surface area contributed by atoms with E-state index in [0.717, 1.165) is 79.3 Å². The number of epoxide rings is 2. The number of hydrogen-bond acceptors (Lipinski definition) is 14. The second kappa shape index (κ2) is 26.6. The SMILES string of the molecule is Cc1ccc2c(-c3c(OCOc4ccc(-c5ccc(OCOc6ccc(OCOCC7CO7)cc6)cc5)cc4)ccc4cc(C)ccc34)cc(OCOc3ccc(-c4ccc(OCOc5ccc(OCOCC6CO6)cc5)cc4)cc3)cc2c1. The molecule has 0 saturated carbocycles. The maximum atomic E-state index is 6.56. The van der Waals surface area contributed by atoms with Gasteiger partial charge in [0, 0.05) is 5.56 Å². The van der Waals surface area contributed by atoms with Crippen LogP contribution in [0, 0.1) is 13.8 Å². The summed E-state index contributed by atoms with van der Waals surface area (Å²) in [6.07, 6.45) is 0.407. The van der Waals surface area contributed by atoms with Gasteiger partial charge in [-0.1, -0.05) is 102 Å². The summed E-state index contributed by atoms with van der Waals surface area (Å²) >= 11 is 0. The van der Waals surface area contributed by atoms with Crippen LogP contribution in [0.5, 0.6) is 57.5 Å². The zero-order chi connectivity index (χ0) is 56.9. The van der Waals surface area contributed by atoms with Crippen molar-refractivity contribution in [2.24, 2.45) is 0 Å². The predicted octanol–water partition coefficient (Wildman–Crippen LogP) is 14.8. The Balaban J connectivity index is 0.640. The van der Waals surface area contributed by atoms with E-state index < -0.39 is 0 Å². The van der Waals surface area contributed by atoms with Gasteiger partial charge in [0.05, 0.1) is 26.4 Å². The van der Waals surface area contributed by atoms with Crippen molar-refractivity contribution in [2.45, 2.75) is 26.1 Å². The fourth-order valence-electron chi connectivity index (χ4n) is 9.38. The van der Waals surface area contributed by atoms with E-state index in [1.54, 1.807) is 0 Å². The molecule has 10 aromatic carbocycles. The first-order chi connectivity index (χ1) is 41.4. The van der Waals surface area contributed by atoms with Crippen molar-refractivity contribution in [1.29, 1.82) is 0 Å². The van der Waals surface area contributed by atoms with Crippen molar-refractivity contribution < 1.29 is 66.3 Å². The van der Waals surface area contributed by atoms with Gasteiger partial charge in [-0.15, -0.1) is 0 Å². The average molecular weight is 1130 g/mol. The smallest absolute Gasteiger partial charge is 0.230 e. The summed E-state index contributed by atoms with van der Waals surface area (Å²) in [5.41, 5.74) is 8.31. The molecule has 0 aromatic heterocycles. The highest BCUT2D eigenvalue weighted by molar-refractivity contribution is 6.08. The summed E-state index contributed by atoms with van der Waals surface area (Å²) < 4.78 is 81.0. The molecule has 426 valence electrons. The number of rotatable bonds is 29. The van der Waals surface area contributed by atoms with Crippen LogP contribution >= 0.6 is 0 Å². The highest BCUT2D eigenvalue weighted by Gasteiger charge is 2.23. The molecule has 2 fully saturated rings. The molecule has 0 amide bonds. The summed E-state index contributed by atoms with van der Waals surface area (Å²) in [5, 5.41) is 4.23.